The zero-order valence-corrected chi connectivity index (χ0v) is 12.6. The quantitative estimate of drug-likeness (QED) is 0.260. The van der Waals surface area contributed by atoms with E-state index in [0.29, 0.717) is 0 Å². The Kier molecular flexibility index (Phi) is 5.95. The maximum absolute atomic E-state index is 10.2. The molecule has 2 rings (SSSR count). The standard InChI is InChI=1S/C13H24O10/c1-13(4-16)11(20)10(6(3-15)23-13)22-12-9(19)8(18)7(17)5(2-14)21-12/h5-12,14-20H,2-4H2,1H3/t5?,6-,7+,8-,9?,10+,11?,12+,13-/m1/s1. The Balaban J connectivity index is 2.13. The highest BCUT2D eigenvalue weighted by atomic mass is 16.7. The molecule has 10 nitrogen and oxygen atoms in total. The van der Waals surface area contributed by atoms with Gasteiger partial charge in [-0.1, -0.05) is 0 Å². The van der Waals surface area contributed by atoms with Gasteiger partial charge in [-0.15, -0.1) is 0 Å². The van der Waals surface area contributed by atoms with Gasteiger partial charge >= 0.3 is 0 Å². The van der Waals surface area contributed by atoms with Crippen LogP contribution in [-0.4, -0.2) is 110 Å². The molecule has 136 valence electrons. The first-order chi connectivity index (χ1) is 10.8. The monoisotopic (exact) mass is 340 g/mol. The number of aliphatic hydroxyl groups excluding tert-OH is 7. The molecule has 23 heavy (non-hydrogen) atoms. The lowest BCUT2D eigenvalue weighted by molar-refractivity contribution is -0.318. The van der Waals surface area contributed by atoms with Gasteiger partial charge in [0.2, 0.25) is 0 Å². The predicted molar refractivity (Wildman–Crippen MR) is 72.1 cm³/mol. The predicted octanol–water partition coefficient (Wildman–Crippen LogP) is -4.33. The van der Waals surface area contributed by atoms with Crippen LogP contribution in [-0.2, 0) is 14.2 Å². The molecule has 0 aliphatic carbocycles. The van der Waals surface area contributed by atoms with Crippen LogP contribution in [0.25, 0.3) is 0 Å². The van der Waals surface area contributed by atoms with E-state index >= 15 is 0 Å². The van der Waals surface area contributed by atoms with Crippen LogP contribution in [0.2, 0.25) is 0 Å². The van der Waals surface area contributed by atoms with Crippen molar-refractivity contribution in [3.63, 3.8) is 0 Å². The van der Waals surface area contributed by atoms with Gasteiger partial charge in [-0.25, -0.2) is 0 Å². The van der Waals surface area contributed by atoms with Gasteiger partial charge in [0.1, 0.15) is 48.3 Å². The lowest BCUT2D eigenvalue weighted by Gasteiger charge is -2.41. The van der Waals surface area contributed by atoms with Gasteiger partial charge in [0, 0.05) is 0 Å². The summed E-state index contributed by atoms with van der Waals surface area (Å²) < 4.78 is 16.0. The van der Waals surface area contributed by atoms with Crippen molar-refractivity contribution in [3.8, 4) is 0 Å². The molecule has 0 spiro atoms. The van der Waals surface area contributed by atoms with Crippen molar-refractivity contribution in [1.29, 1.82) is 0 Å². The van der Waals surface area contributed by atoms with E-state index in [4.69, 9.17) is 19.3 Å². The molecule has 0 bridgehead atoms. The third-order valence-corrected chi connectivity index (χ3v) is 4.36. The maximum atomic E-state index is 10.2. The average Bonchev–Trinajstić information content (AvgIpc) is 2.80. The summed E-state index contributed by atoms with van der Waals surface area (Å²) in [4.78, 5) is 0. The Hall–Kier alpha value is -0.400. The van der Waals surface area contributed by atoms with Gasteiger partial charge in [0.15, 0.2) is 6.29 Å². The minimum atomic E-state index is -1.64. The normalized spacial score (nSPS) is 51.1. The smallest absolute Gasteiger partial charge is 0.187 e. The molecule has 0 aromatic heterocycles. The van der Waals surface area contributed by atoms with Gasteiger partial charge in [-0.3, -0.25) is 0 Å². The molecule has 7 N–H and O–H groups in total. The first-order valence-electron chi connectivity index (χ1n) is 7.32. The van der Waals surface area contributed by atoms with E-state index in [1.54, 1.807) is 0 Å². The maximum Gasteiger partial charge on any atom is 0.187 e. The van der Waals surface area contributed by atoms with Gasteiger partial charge in [-0.05, 0) is 6.92 Å². The van der Waals surface area contributed by atoms with Crippen LogP contribution in [0.4, 0.5) is 0 Å². The Morgan fingerprint density at radius 2 is 1.52 bits per heavy atom. The lowest BCUT2D eigenvalue weighted by atomic mass is 9.96. The second-order valence-electron chi connectivity index (χ2n) is 6.05. The number of ether oxygens (including phenoxy) is 3. The molecule has 3 unspecified atom stereocenters. The minimum absolute atomic E-state index is 0.519. The molecule has 2 fully saturated rings. The lowest BCUT2D eigenvalue weighted by Crippen LogP contribution is -2.60. The first-order valence-corrected chi connectivity index (χ1v) is 7.32. The molecule has 2 aliphatic heterocycles. The summed E-state index contributed by atoms with van der Waals surface area (Å²) in [6.07, 6.45) is -10.9. The number of aliphatic hydroxyl groups is 7. The molecule has 0 aromatic carbocycles. The third kappa shape index (κ3) is 3.37. The van der Waals surface area contributed by atoms with Crippen molar-refractivity contribution in [2.75, 3.05) is 19.8 Å². The fourth-order valence-electron chi connectivity index (χ4n) is 2.80. The molecule has 2 aliphatic rings. The second-order valence-corrected chi connectivity index (χ2v) is 6.05. The van der Waals surface area contributed by atoms with Crippen LogP contribution < -0.4 is 0 Å². The van der Waals surface area contributed by atoms with Crippen LogP contribution in [0.1, 0.15) is 6.92 Å². The highest BCUT2D eigenvalue weighted by Crippen LogP contribution is 2.34. The summed E-state index contributed by atoms with van der Waals surface area (Å²) in [5.41, 5.74) is -1.37. The van der Waals surface area contributed by atoms with Crippen molar-refractivity contribution in [1.82, 2.24) is 0 Å². The molecule has 0 radical (unpaired) electrons. The summed E-state index contributed by atoms with van der Waals surface area (Å²) in [5, 5.41) is 67.4. The van der Waals surface area contributed by atoms with Gasteiger partial charge in [-0.2, -0.15) is 0 Å². The van der Waals surface area contributed by atoms with Gasteiger partial charge < -0.3 is 50.0 Å². The van der Waals surface area contributed by atoms with E-state index in [-0.39, 0.29) is 0 Å². The molecule has 10 heteroatoms. The zero-order valence-electron chi connectivity index (χ0n) is 12.6. The van der Waals surface area contributed by atoms with Crippen molar-refractivity contribution < 1.29 is 50.0 Å². The summed E-state index contributed by atoms with van der Waals surface area (Å²) in [5.74, 6) is 0. The van der Waals surface area contributed by atoms with Crippen LogP contribution in [0.15, 0.2) is 0 Å². The molecule has 0 amide bonds. The summed E-state index contributed by atoms with van der Waals surface area (Å²) >= 11 is 0. The summed E-state index contributed by atoms with van der Waals surface area (Å²) in [6.45, 7) is -0.239. The second kappa shape index (κ2) is 7.23. The highest BCUT2D eigenvalue weighted by molar-refractivity contribution is 5.01. The van der Waals surface area contributed by atoms with Crippen LogP contribution >= 0.6 is 0 Å². The molecular formula is C13H24O10. The van der Waals surface area contributed by atoms with Gasteiger partial charge in [0.05, 0.1) is 19.8 Å². The fourth-order valence-corrected chi connectivity index (χ4v) is 2.80. The van der Waals surface area contributed by atoms with Gasteiger partial charge in [0.25, 0.3) is 0 Å². The third-order valence-electron chi connectivity index (χ3n) is 4.36. The topological polar surface area (TPSA) is 169 Å². The fraction of sp³-hybridized carbons (Fsp3) is 1.00. The van der Waals surface area contributed by atoms with Crippen molar-refractivity contribution in [2.45, 2.75) is 61.5 Å². The zero-order chi connectivity index (χ0) is 17.4. The summed E-state index contributed by atoms with van der Waals surface area (Å²) in [6, 6.07) is 0. The average molecular weight is 340 g/mol. The molecule has 0 aromatic rings. The molecular weight excluding hydrogens is 316 g/mol. The Morgan fingerprint density at radius 3 is 2.04 bits per heavy atom. The number of hydrogen-bond donors (Lipinski definition) is 7. The van der Waals surface area contributed by atoms with Crippen molar-refractivity contribution >= 4 is 0 Å². The van der Waals surface area contributed by atoms with E-state index in [9.17, 15) is 30.6 Å². The van der Waals surface area contributed by atoms with Crippen LogP contribution in [0, 0.1) is 0 Å². The summed E-state index contributed by atoms with van der Waals surface area (Å²) in [7, 11) is 0. The van der Waals surface area contributed by atoms with E-state index in [1.807, 2.05) is 0 Å². The first kappa shape index (κ1) is 18.9. The van der Waals surface area contributed by atoms with E-state index in [1.165, 1.54) is 6.92 Å². The number of rotatable bonds is 5. The van der Waals surface area contributed by atoms with Crippen molar-refractivity contribution in [3.05, 3.63) is 0 Å². The highest BCUT2D eigenvalue weighted by Gasteiger charge is 2.54. The van der Waals surface area contributed by atoms with Crippen molar-refractivity contribution in [2.24, 2.45) is 0 Å². The molecule has 2 heterocycles. The Morgan fingerprint density at radius 1 is 0.913 bits per heavy atom. The van der Waals surface area contributed by atoms with Crippen LogP contribution in [0.5, 0.6) is 0 Å². The van der Waals surface area contributed by atoms with E-state index in [2.05, 4.69) is 0 Å². The minimum Gasteiger partial charge on any atom is -0.394 e. The molecule has 9 atom stereocenters. The van der Waals surface area contributed by atoms with E-state index < -0.39 is 74.4 Å². The van der Waals surface area contributed by atoms with E-state index in [0.717, 1.165) is 0 Å². The largest absolute Gasteiger partial charge is 0.394 e. The number of hydrogen-bond acceptors (Lipinski definition) is 10. The molecule has 2 saturated heterocycles. The molecule has 0 saturated carbocycles. The Labute approximate surface area is 132 Å². The Bertz CT molecular complexity index is 393. The van der Waals surface area contributed by atoms with Crippen LogP contribution in [0.3, 0.4) is 0 Å². The SMILES string of the molecule is C[C@]1(CO)O[C@H](CO)[C@H](O[C@@H]2OC(CO)[C@H](O)[C@@H](O)C2O)C1O.